The molecule has 0 saturated carbocycles. The molecule has 2 rings (SSSR count). The minimum Gasteiger partial charge on any atom is -0.303 e. The largest absolute Gasteiger partial charge is 0.303 e. The molecule has 0 bridgehead atoms. The summed E-state index contributed by atoms with van der Waals surface area (Å²) in [4.78, 5) is 0. The maximum atomic E-state index is 6.07. The van der Waals surface area contributed by atoms with E-state index in [0.29, 0.717) is 18.0 Å². The molecule has 2 aromatic rings. The highest BCUT2D eigenvalue weighted by molar-refractivity contribution is 7.14. The Balaban J connectivity index is 2.19. The van der Waals surface area contributed by atoms with E-state index in [1.54, 1.807) is 11.3 Å². The molecule has 0 amide bonds. The second-order valence-corrected chi connectivity index (χ2v) is 7.08. The van der Waals surface area contributed by atoms with Gasteiger partial charge >= 0.3 is 0 Å². The summed E-state index contributed by atoms with van der Waals surface area (Å²) in [6, 6.07) is 13.5. The van der Waals surface area contributed by atoms with Gasteiger partial charge in [-0.05, 0) is 35.4 Å². The average Bonchev–Trinajstić information content (AvgIpc) is 2.95. The van der Waals surface area contributed by atoms with Crippen LogP contribution in [0.15, 0.2) is 41.8 Å². The first-order chi connectivity index (χ1) is 10.2. The molecule has 1 heterocycles. The fraction of sp³-hybridized carbons (Fsp3) is 0.444. The van der Waals surface area contributed by atoms with E-state index in [-0.39, 0.29) is 0 Å². The van der Waals surface area contributed by atoms with Gasteiger partial charge in [0.05, 0.1) is 4.34 Å². The Morgan fingerprint density at radius 1 is 1.10 bits per heavy atom. The monoisotopic (exact) mass is 321 g/mol. The fourth-order valence-electron chi connectivity index (χ4n) is 2.84. The Morgan fingerprint density at radius 2 is 1.76 bits per heavy atom. The van der Waals surface area contributed by atoms with Crippen LogP contribution in [0, 0.1) is 5.92 Å². The van der Waals surface area contributed by atoms with Crippen molar-refractivity contribution >= 4 is 22.9 Å². The van der Waals surface area contributed by atoms with Gasteiger partial charge in [0.25, 0.3) is 0 Å². The van der Waals surface area contributed by atoms with Crippen molar-refractivity contribution in [1.29, 1.82) is 0 Å². The third kappa shape index (κ3) is 4.32. The van der Waals surface area contributed by atoms with E-state index in [1.807, 2.05) is 0 Å². The minimum absolute atomic E-state index is 0.305. The third-order valence-corrected chi connectivity index (χ3v) is 5.31. The quantitative estimate of drug-likeness (QED) is 0.637. The molecule has 2 atom stereocenters. The van der Waals surface area contributed by atoms with E-state index < -0.39 is 0 Å². The van der Waals surface area contributed by atoms with Crippen LogP contribution in [0.25, 0.3) is 0 Å². The zero-order valence-electron chi connectivity index (χ0n) is 13.0. The third-order valence-electron chi connectivity index (χ3n) is 4.20. The van der Waals surface area contributed by atoms with Crippen molar-refractivity contribution in [1.82, 2.24) is 5.32 Å². The van der Waals surface area contributed by atoms with Gasteiger partial charge < -0.3 is 5.32 Å². The lowest BCUT2D eigenvalue weighted by atomic mass is 9.88. The van der Waals surface area contributed by atoms with Gasteiger partial charge in [0.15, 0.2) is 0 Å². The van der Waals surface area contributed by atoms with Gasteiger partial charge in [-0.1, -0.05) is 68.6 Å². The molecule has 2 unspecified atom stereocenters. The molecule has 1 N–H and O–H groups in total. The minimum atomic E-state index is 0.305. The predicted octanol–water partition coefficient (Wildman–Crippen LogP) is 6.23. The zero-order valence-corrected chi connectivity index (χ0v) is 14.5. The smallest absolute Gasteiger partial charge is 0.0931 e. The van der Waals surface area contributed by atoms with E-state index in [4.69, 9.17) is 11.6 Å². The van der Waals surface area contributed by atoms with Crippen molar-refractivity contribution in [3.63, 3.8) is 0 Å². The summed E-state index contributed by atoms with van der Waals surface area (Å²) in [5.74, 6) is 0.643. The zero-order chi connectivity index (χ0) is 15.2. The maximum Gasteiger partial charge on any atom is 0.0931 e. The van der Waals surface area contributed by atoms with Crippen molar-refractivity contribution in [3.05, 3.63) is 57.2 Å². The van der Waals surface area contributed by atoms with E-state index in [0.717, 1.165) is 4.34 Å². The van der Waals surface area contributed by atoms with Crippen LogP contribution in [0.1, 0.15) is 56.8 Å². The number of thiophene rings is 1. The Labute approximate surface area is 137 Å². The summed E-state index contributed by atoms with van der Waals surface area (Å²) >= 11 is 7.67. The van der Waals surface area contributed by atoms with E-state index in [2.05, 4.69) is 67.9 Å². The van der Waals surface area contributed by atoms with Crippen LogP contribution in [0.2, 0.25) is 4.34 Å². The number of rotatable bonds is 7. The highest BCUT2D eigenvalue weighted by Crippen LogP contribution is 2.32. The number of hydrogen-bond donors (Lipinski definition) is 1. The normalized spacial score (nSPS) is 14.3. The van der Waals surface area contributed by atoms with Gasteiger partial charge in [-0.2, -0.15) is 0 Å². The van der Waals surface area contributed by atoms with E-state index >= 15 is 0 Å². The number of nitrogens with one attached hydrogen (secondary N) is 1. The van der Waals surface area contributed by atoms with Crippen LogP contribution in [0.4, 0.5) is 0 Å². The number of halogens is 1. The first-order valence-electron chi connectivity index (χ1n) is 7.70. The second-order valence-electron chi connectivity index (χ2n) is 5.54. The maximum absolute atomic E-state index is 6.07. The molecule has 0 aliphatic carbocycles. The molecule has 0 aliphatic heterocycles. The number of benzene rings is 1. The van der Waals surface area contributed by atoms with Gasteiger partial charge in [0, 0.05) is 12.1 Å². The highest BCUT2D eigenvalue weighted by atomic mass is 35.5. The van der Waals surface area contributed by atoms with Crippen molar-refractivity contribution in [2.75, 3.05) is 0 Å². The predicted molar refractivity (Wildman–Crippen MR) is 94.1 cm³/mol. The van der Waals surface area contributed by atoms with Gasteiger partial charge in [-0.25, -0.2) is 0 Å². The lowest BCUT2D eigenvalue weighted by molar-refractivity contribution is 0.317. The van der Waals surface area contributed by atoms with Crippen LogP contribution in [-0.2, 0) is 0 Å². The topological polar surface area (TPSA) is 12.0 Å². The van der Waals surface area contributed by atoms with Crippen molar-refractivity contribution < 1.29 is 0 Å². The van der Waals surface area contributed by atoms with Crippen LogP contribution >= 0.6 is 22.9 Å². The molecule has 1 aromatic heterocycles. The molecule has 1 aromatic carbocycles. The van der Waals surface area contributed by atoms with Gasteiger partial charge in [-0.15, -0.1) is 11.3 Å². The molecular weight excluding hydrogens is 298 g/mol. The summed E-state index contributed by atoms with van der Waals surface area (Å²) in [7, 11) is 0. The second kappa shape index (κ2) is 7.98. The SMILES string of the molecule is CCC(CC)C(NC(C)c1csc(Cl)c1)c1ccccc1. The lowest BCUT2D eigenvalue weighted by Crippen LogP contribution is -2.30. The van der Waals surface area contributed by atoms with Gasteiger partial charge in [0.2, 0.25) is 0 Å². The molecule has 0 fully saturated rings. The fourth-order valence-corrected chi connectivity index (χ4v) is 3.83. The first kappa shape index (κ1) is 16.5. The molecule has 0 spiro atoms. The summed E-state index contributed by atoms with van der Waals surface area (Å²) in [6.07, 6.45) is 2.36. The van der Waals surface area contributed by atoms with Crippen LogP contribution in [-0.4, -0.2) is 0 Å². The molecule has 0 radical (unpaired) electrons. The molecule has 3 heteroatoms. The Kier molecular flexibility index (Phi) is 6.28. The molecule has 0 saturated heterocycles. The Morgan fingerprint density at radius 3 is 2.29 bits per heavy atom. The van der Waals surface area contributed by atoms with Crippen LogP contribution in [0.3, 0.4) is 0 Å². The Bertz CT molecular complexity index is 533. The van der Waals surface area contributed by atoms with Gasteiger partial charge in [0.1, 0.15) is 0 Å². The summed E-state index contributed by atoms with van der Waals surface area (Å²) in [6.45, 7) is 6.77. The number of hydrogen-bond acceptors (Lipinski definition) is 2. The van der Waals surface area contributed by atoms with Crippen molar-refractivity contribution in [2.45, 2.75) is 45.7 Å². The van der Waals surface area contributed by atoms with E-state index in [1.165, 1.54) is 24.0 Å². The summed E-state index contributed by atoms with van der Waals surface area (Å²) < 4.78 is 0.859. The molecule has 0 aliphatic rings. The molecule has 1 nitrogen and oxygen atoms in total. The standard InChI is InChI=1S/C18H24ClNS/c1-4-14(5-2)18(15-9-7-6-8-10-15)20-13(3)16-11-17(19)21-12-16/h6-14,18,20H,4-5H2,1-3H3. The highest BCUT2D eigenvalue weighted by Gasteiger charge is 2.22. The molecular formula is C18H24ClNS. The summed E-state index contributed by atoms with van der Waals surface area (Å²) in [5.41, 5.74) is 2.65. The lowest BCUT2D eigenvalue weighted by Gasteiger charge is -2.30. The molecule has 114 valence electrons. The van der Waals surface area contributed by atoms with Crippen LogP contribution in [0.5, 0.6) is 0 Å². The van der Waals surface area contributed by atoms with E-state index in [9.17, 15) is 0 Å². The average molecular weight is 322 g/mol. The Hall–Kier alpha value is -0.830. The summed E-state index contributed by atoms with van der Waals surface area (Å²) in [5, 5.41) is 5.96. The van der Waals surface area contributed by atoms with Crippen molar-refractivity contribution in [2.24, 2.45) is 5.92 Å². The van der Waals surface area contributed by atoms with Gasteiger partial charge in [-0.3, -0.25) is 0 Å². The van der Waals surface area contributed by atoms with Crippen molar-refractivity contribution in [3.8, 4) is 0 Å². The van der Waals surface area contributed by atoms with Crippen LogP contribution < -0.4 is 5.32 Å². The first-order valence-corrected chi connectivity index (χ1v) is 8.96. The molecule has 21 heavy (non-hydrogen) atoms.